The molecule has 1 aromatic heterocycles. The first kappa shape index (κ1) is 18.0. The summed E-state index contributed by atoms with van der Waals surface area (Å²) < 4.78 is 0. The van der Waals surface area contributed by atoms with Crippen molar-refractivity contribution in [2.24, 2.45) is 0 Å². The monoisotopic (exact) mass is 352 g/mol. The zero-order chi connectivity index (χ0) is 18.5. The smallest absolute Gasteiger partial charge is 0.227 e. The molecule has 6 heteroatoms. The number of carbonyl (C=O) groups excluding carboxylic acids is 2. The molecule has 0 aliphatic carbocycles. The van der Waals surface area contributed by atoms with E-state index in [-0.39, 0.29) is 17.9 Å². The molecule has 0 radical (unpaired) electrons. The number of hydrogen-bond donors (Lipinski definition) is 1. The van der Waals surface area contributed by atoms with Gasteiger partial charge in [0.05, 0.1) is 24.7 Å². The van der Waals surface area contributed by atoms with Gasteiger partial charge >= 0.3 is 0 Å². The van der Waals surface area contributed by atoms with Crippen LogP contribution in [0.2, 0.25) is 0 Å². The van der Waals surface area contributed by atoms with Crippen LogP contribution in [0.4, 0.5) is 0 Å². The van der Waals surface area contributed by atoms with Crippen LogP contribution >= 0.6 is 0 Å². The Balaban J connectivity index is 1.73. The van der Waals surface area contributed by atoms with Gasteiger partial charge in [0.25, 0.3) is 0 Å². The van der Waals surface area contributed by atoms with Crippen molar-refractivity contribution in [2.45, 2.75) is 45.7 Å². The lowest BCUT2D eigenvalue weighted by Gasteiger charge is -2.24. The topological polar surface area (TPSA) is 75.2 Å². The fourth-order valence-corrected chi connectivity index (χ4v) is 3.29. The van der Waals surface area contributed by atoms with Gasteiger partial charge in [0.15, 0.2) is 5.82 Å². The van der Waals surface area contributed by atoms with Gasteiger partial charge < -0.3 is 10.2 Å². The third-order valence-electron chi connectivity index (χ3n) is 4.72. The van der Waals surface area contributed by atoms with Crippen LogP contribution in [-0.4, -0.2) is 33.2 Å². The van der Waals surface area contributed by atoms with Gasteiger partial charge in [0, 0.05) is 19.7 Å². The van der Waals surface area contributed by atoms with Crippen molar-refractivity contribution in [1.29, 1.82) is 0 Å². The summed E-state index contributed by atoms with van der Waals surface area (Å²) in [4.78, 5) is 34.8. The molecular weight excluding hydrogens is 328 g/mol. The van der Waals surface area contributed by atoms with E-state index in [2.05, 4.69) is 15.3 Å². The molecule has 136 valence electrons. The minimum absolute atomic E-state index is 0.0937. The van der Waals surface area contributed by atoms with E-state index in [1.165, 1.54) is 6.92 Å². The molecule has 3 rings (SSSR count). The molecule has 1 aliphatic rings. The van der Waals surface area contributed by atoms with Crippen molar-refractivity contribution >= 4 is 11.8 Å². The molecule has 1 fully saturated rings. The van der Waals surface area contributed by atoms with Crippen LogP contribution in [0.25, 0.3) is 0 Å². The van der Waals surface area contributed by atoms with Crippen LogP contribution in [0.15, 0.2) is 36.5 Å². The zero-order valence-corrected chi connectivity index (χ0v) is 15.2. The maximum atomic E-state index is 12.9. The van der Waals surface area contributed by atoms with Crippen LogP contribution in [0.1, 0.15) is 48.5 Å². The first-order chi connectivity index (χ1) is 12.5. The lowest BCUT2D eigenvalue weighted by Crippen LogP contribution is -2.33. The van der Waals surface area contributed by atoms with Crippen LogP contribution in [-0.2, 0) is 22.6 Å². The van der Waals surface area contributed by atoms with Gasteiger partial charge in [-0.2, -0.15) is 0 Å². The first-order valence-electron chi connectivity index (χ1n) is 8.95. The Morgan fingerprint density at radius 1 is 1.27 bits per heavy atom. The highest BCUT2D eigenvalue weighted by Gasteiger charge is 2.32. The van der Waals surface area contributed by atoms with E-state index in [1.54, 1.807) is 12.3 Å². The highest BCUT2D eigenvalue weighted by molar-refractivity contribution is 5.79. The zero-order valence-electron chi connectivity index (χ0n) is 15.2. The molecule has 26 heavy (non-hydrogen) atoms. The number of amides is 2. The van der Waals surface area contributed by atoms with Crippen LogP contribution in [0.5, 0.6) is 0 Å². The van der Waals surface area contributed by atoms with Gasteiger partial charge in [-0.1, -0.05) is 24.3 Å². The number of hydrogen-bond acceptors (Lipinski definition) is 4. The van der Waals surface area contributed by atoms with Crippen LogP contribution < -0.4 is 5.32 Å². The molecule has 0 saturated carbocycles. The maximum absolute atomic E-state index is 12.9. The number of nitrogens with one attached hydrogen (secondary N) is 1. The summed E-state index contributed by atoms with van der Waals surface area (Å²) >= 11 is 0. The fourth-order valence-electron chi connectivity index (χ4n) is 3.29. The number of carbonyl (C=O) groups is 2. The summed E-state index contributed by atoms with van der Waals surface area (Å²) in [6, 6.07) is 9.67. The van der Waals surface area contributed by atoms with Gasteiger partial charge in [-0.05, 0) is 37.0 Å². The Kier molecular flexibility index (Phi) is 5.61. The highest BCUT2D eigenvalue weighted by Crippen LogP contribution is 2.30. The van der Waals surface area contributed by atoms with Gasteiger partial charge in [-0.3, -0.25) is 9.59 Å². The van der Waals surface area contributed by atoms with E-state index < -0.39 is 0 Å². The molecule has 1 N–H and O–H groups in total. The van der Waals surface area contributed by atoms with Crippen LogP contribution in [0, 0.1) is 6.92 Å². The maximum Gasteiger partial charge on any atom is 0.227 e. The van der Waals surface area contributed by atoms with Crippen molar-refractivity contribution in [3.63, 3.8) is 0 Å². The van der Waals surface area contributed by atoms with Crippen molar-refractivity contribution in [3.8, 4) is 0 Å². The molecule has 1 saturated heterocycles. The minimum atomic E-state index is -0.0962. The van der Waals surface area contributed by atoms with Gasteiger partial charge in [0.1, 0.15) is 0 Å². The third-order valence-corrected chi connectivity index (χ3v) is 4.72. The Labute approximate surface area is 153 Å². The van der Waals surface area contributed by atoms with E-state index >= 15 is 0 Å². The number of benzene rings is 1. The third kappa shape index (κ3) is 4.25. The molecule has 2 heterocycles. The van der Waals surface area contributed by atoms with Gasteiger partial charge in [-0.25, -0.2) is 9.97 Å². The number of aromatic nitrogens is 2. The number of aryl methyl sites for hydroxylation is 1. The van der Waals surface area contributed by atoms with Crippen molar-refractivity contribution < 1.29 is 9.59 Å². The average molecular weight is 352 g/mol. The number of rotatable bonds is 5. The van der Waals surface area contributed by atoms with E-state index in [9.17, 15) is 9.59 Å². The summed E-state index contributed by atoms with van der Waals surface area (Å²) in [5, 5.41) is 2.74. The second-order valence-electron chi connectivity index (χ2n) is 6.66. The summed E-state index contributed by atoms with van der Waals surface area (Å²) in [6.07, 6.45) is 3.91. The number of likely N-dealkylation sites (tertiary alicyclic amines) is 1. The molecule has 1 atom stereocenters. The summed E-state index contributed by atoms with van der Waals surface area (Å²) in [5.41, 5.74) is 2.94. The van der Waals surface area contributed by atoms with E-state index in [0.717, 1.165) is 36.2 Å². The standard InChI is InChI=1S/C20H24N4O2/c1-14-6-3-4-7-16(14)12-19(26)24-11-5-8-18(24)20-21-10-9-17(23-20)13-22-15(2)25/h3-4,6-7,9-10,18H,5,8,11-13H2,1-2H3,(H,22,25)/t18-/m0/s1. The second kappa shape index (κ2) is 8.08. The molecule has 6 nitrogen and oxygen atoms in total. The molecule has 2 amide bonds. The Hall–Kier alpha value is -2.76. The predicted octanol–water partition coefficient (Wildman–Crippen LogP) is 2.33. The Morgan fingerprint density at radius 3 is 2.85 bits per heavy atom. The van der Waals surface area contributed by atoms with Crippen molar-refractivity contribution in [2.75, 3.05) is 6.54 Å². The normalized spacial score (nSPS) is 16.5. The minimum Gasteiger partial charge on any atom is -0.351 e. The molecule has 0 unspecified atom stereocenters. The quantitative estimate of drug-likeness (QED) is 0.896. The molecule has 1 aromatic carbocycles. The average Bonchev–Trinajstić information content (AvgIpc) is 3.12. The lowest BCUT2D eigenvalue weighted by molar-refractivity contribution is -0.131. The molecular formula is C20H24N4O2. The lowest BCUT2D eigenvalue weighted by atomic mass is 10.0. The highest BCUT2D eigenvalue weighted by atomic mass is 16.2. The molecule has 0 bridgehead atoms. The Bertz CT molecular complexity index is 806. The molecule has 1 aliphatic heterocycles. The van der Waals surface area contributed by atoms with Crippen molar-refractivity contribution in [1.82, 2.24) is 20.2 Å². The van der Waals surface area contributed by atoms with E-state index in [4.69, 9.17) is 0 Å². The predicted molar refractivity (Wildman–Crippen MR) is 98.1 cm³/mol. The van der Waals surface area contributed by atoms with E-state index in [0.29, 0.717) is 18.8 Å². The van der Waals surface area contributed by atoms with E-state index in [1.807, 2.05) is 36.1 Å². The molecule has 0 spiro atoms. The van der Waals surface area contributed by atoms with Crippen molar-refractivity contribution in [3.05, 3.63) is 59.2 Å². The summed E-state index contributed by atoms with van der Waals surface area (Å²) in [5.74, 6) is 0.669. The summed E-state index contributed by atoms with van der Waals surface area (Å²) in [7, 11) is 0. The Morgan fingerprint density at radius 2 is 2.08 bits per heavy atom. The second-order valence-corrected chi connectivity index (χ2v) is 6.66. The first-order valence-corrected chi connectivity index (χ1v) is 8.95. The summed E-state index contributed by atoms with van der Waals surface area (Å²) in [6.45, 7) is 4.60. The molecule has 2 aromatic rings. The fraction of sp³-hybridized carbons (Fsp3) is 0.400. The number of nitrogens with zero attached hydrogens (tertiary/aromatic N) is 3. The van der Waals surface area contributed by atoms with Crippen LogP contribution in [0.3, 0.4) is 0 Å². The largest absolute Gasteiger partial charge is 0.351 e. The van der Waals surface area contributed by atoms with Gasteiger partial charge in [-0.15, -0.1) is 0 Å². The SMILES string of the molecule is CC(=O)NCc1ccnc([C@@H]2CCCN2C(=O)Cc2ccccc2C)n1. The van der Waals surface area contributed by atoms with Gasteiger partial charge in [0.2, 0.25) is 11.8 Å².